The smallest absolute Gasteiger partial charge is 0.409 e. The van der Waals surface area contributed by atoms with E-state index >= 15 is 0 Å². The van der Waals surface area contributed by atoms with Crippen LogP contribution in [0.15, 0.2) is 11.6 Å². The Morgan fingerprint density at radius 3 is 2.67 bits per heavy atom. The average Bonchev–Trinajstić information content (AvgIpc) is 2.91. The van der Waals surface area contributed by atoms with E-state index in [1.807, 2.05) is 20.8 Å². The summed E-state index contributed by atoms with van der Waals surface area (Å²) in [7, 11) is 0. The number of rotatable bonds is 2. The number of nitrogens with zero attached hydrogens (tertiary/aromatic N) is 2. The fourth-order valence-electron chi connectivity index (χ4n) is 2.91. The van der Waals surface area contributed by atoms with Crippen LogP contribution in [0, 0.1) is 5.41 Å². The zero-order valence-electron chi connectivity index (χ0n) is 12.5. The van der Waals surface area contributed by atoms with Crippen molar-refractivity contribution in [3.8, 4) is 0 Å². The second-order valence-corrected chi connectivity index (χ2v) is 7.19. The zero-order chi connectivity index (χ0) is 15.7. The lowest BCUT2D eigenvalue weighted by Gasteiger charge is -2.53. The van der Waals surface area contributed by atoms with Gasteiger partial charge in [-0.3, -0.25) is 9.69 Å². The first-order valence-corrected chi connectivity index (χ1v) is 7.88. The number of hydrogen-bond acceptors (Lipinski definition) is 4. The fraction of sp³-hybridized carbons (Fsp3) is 0.643. The molecule has 1 fully saturated rings. The molecule has 116 valence electrons. The number of hydrogen-bond donors (Lipinski definition) is 2. The summed E-state index contributed by atoms with van der Waals surface area (Å²) >= 11 is 1.25. The molecule has 6 nitrogen and oxygen atoms in total. The quantitative estimate of drug-likeness (QED) is 0.880. The summed E-state index contributed by atoms with van der Waals surface area (Å²) in [4.78, 5) is 29.4. The second kappa shape index (κ2) is 5.63. The fourth-order valence-corrected chi connectivity index (χ4v) is 3.44. The first-order chi connectivity index (χ1) is 9.78. The molecule has 7 heteroatoms. The molecule has 0 aliphatic carbocycles. The predicted molar refractivity (Wildman–Crippen MR) is 80.3 cm³/mol. The Labute approximate surface area is 128 Å². The van der Waals surface area contributed by atoms with Crippen LogP contribution in [0.4, 0.5) is 4.79 Å². The van der Waals surface area contributed by atoms with Crippen molar-refractivity contribution in [1.82, 2.24) is 15.2 Å². The van der Waals surface area contributed by atoms with Crippen molar-refractivity contribution in [1.29, 1.82) is 0 Å². The lowest BCUT2D eigenvalue weighted by Crippen LogP contribution is -2.70. The van der Waals surface area contributed by atoms with Crippen LogP contribution in [0.1, 0.15) is 49.8 Å². The molecule has 2 N–H and O–H groups in total. The minimum atomic E-state index is -0.996. The summed E-state index contributed by atoms with van der Waals surface area (Å²) in [5.74, 6) is -0.312. The first-order valence-electron chi connectivity index (χ1n) is 7.00. The van der Waals surface area contributed by atoms with Crippen molar-refractivity contribution >= 4 is 23.3 Å². The van der Waals surface area contributed by atoms with Gasteiger partial charge in [0.05, 0.1) is 0 Å². The molecule has 0 saturated carbocycles. The van der Waals surface area contributed by atoms with E-state index in [0.29, 0.717) is 18.0 Å². The van der Waals surface area contributed by atoms with E-state index in [9.17, 15) is 14.7 Å². The molecule has 1 aliphatic rings. The third-order valence-electron chi connectivity index (χ3n) is 4.05. The minimum Gasteiger partial charge on any atom is -0.465 e. The maximum absolute atomic E-state index is 12.4. The number of aromatic nitrogens is 1. The van der Waals surface area contributed by atoms with Gasteiger partial charge in [0, 0.05) is 23.5 Å². The molecule has 0 aromatic carbocycles. The van der Waals surface area contributed by atoms with Crippen molar-refractivity contribution in [2.24, 2.45) is 5.41 Å². The lowest BCUT2D eigenvalue weighted by atomic mass is 9.74. The Bertz CT molecular complexity index is 524. The molecule has 1 aliphatic heterocycles. The third-order valence-corrected chi connectivity index (χ3v) is 4.82. The maximum Gasteiger partial charge on any atom is 0.409 e. The standard InChI is InChI=1S/C14H21N3O3S/c1-13(2,3)14(6-4-5-8-17(14)12(19)20)16-10(18)11-15-7-9-21-11/h7,9H,4-6,8H2,1-3H3,(H,16,18)(H,19,20). The normalized spacial score (nSPS) is 22.9. The molecule has 2 rings (SSSR count). The molecule has 21 heavy (non-hydrogen) atoms. The molecule has 0 spiro atoms. The van der Waals surface area contributed by atoms with Gasteiger partial charge in [-0.1, -0.05) is 20.8 Å². The molecule has 0 radical (unpaired) electrons. The Morgan fingerprint density at radius 1 is 1.43 bits per heavy atom. The molecule has 1 aromatic rings. The summed E-state index contributed by atoms with van der Waals surface area (Å²) in [5.41, 5.74) is -1.32. The van der Waals surface area contributed by atoms with Crippen LogP contribution < -0.4 is 5.32 Å². The van der Waals surface area contributed by atoms with Crippen LogP contribution in [0.2, 0.25) is 0 Å². The molecular formula is C14H21N3O3S. The van der Waals surface area contributed by atoms with Gasteiger partial charge in [0.2, 0.25) is 0 Å². The summed E-state index contributed by atoms with van der Waals surface area (Å²) in [6.45, 7) is 6.30. The lowest BCUT2D eigenvalue weighted by molar-refractivity contribution is -0.0434. The number of thiazole rings is 1. The number of carbonyl (C=O) groups is 2. The Balaban J connectivity index is 2.37. The number of likely N-dealkylation sites (tertiary alicyclic amines) is 1. The van der Waals surface area contributed by atoms with Crippen LogP contribution in [0.5, 0.6) is 0 Å². The summed E-state index contributed by atoms with van der Waals surface area (Å²) in [5, 5.41) is 14.6. The van der Waals surface area contributed by atoms with Crippen molar-refractivity contribution in [3.05, 3.63) is 16.6 Å². The first kappa shape index (κ1) is 15.8. The maximum atomic E-state index is 12.4. The molecule has 1 aromatic heterocycles. The molecule has 0 bridgehead atoms. The van der Waals surface area contributed by atoms with Gasteiger partial charge in [-0.25, -0.2) is 9.78 Å². The van der Waals surface area contributed by atoms with Crippen LogP contribution in [-0.2, 0) is 0 Å². The number of piperidine rings is 1. The highest BCUT2D eigenvalue weighted by atomic mass is 32.1. The molecule has 2 amide bonds. The van der Waals surface area contributed by atoms with Crippen molar-refractivity contribution < 1.29 is 14.7 Å². The van der Waals surface area contributed by atoms with Gasteiger partial charge < -0.3 is 10.4 Å². The number of carboxylic acid groups (broad SMARTS) is 1. The van der Waals surface area contributed by atoms with Crippen molar-refractivity contribution in [2.45, 2.75) is 45.7 Å². The highest BCUT2D eigenvalue weighted by Crippen LogP contribution is 2.40. The van der Waals surface area contributed by atoms with Gasteiger partial charge in [0.1, 0.15) is 5.66 Å². The molecular weight excluding hydrogens is 290 g/mol. The van der Waals surface area contributed by atoms with Crippen LogP contribution >= 0.6 is 11.3 Å². The van der Waals surface area contributed by atoms with Crippen molar-refractivity contribution in [2.75, 3.05) is 6.54 Å². The third kappa shape index (κ3) is 2.88. The van der Waals surface area contributed by atoms with Crippen molar-refractivity contribution in [3.63, 3.8) is 0 Å². The number of nitrogens with one attached hydrogen (secondary N) is 1. The van der Waals surface area contributed by atoms with Gasteiger partial charge in [-0.2, -0.15) is 0 Å². The minimum absolute atomic E-state index is 0.312. The predicted octanol–water partition coefficient (Wildman–Crippen LogP) is 2.78. The SMILES string of the molecule is CC(C)(C)C1(NC(=O)c2nccs2)CCCCN1C(=O)O. The number of amides is 2. The van der Waals surface area contributed by atoms with Crippen LogP contribution in [0.25, 0.3) is 0 Å². The highest BCUT2D eigenvalue weighted by molar-refractivity contribution is 7.11. The zero-order valence-corrected chi connectivity index (χ0v) is 13.4. The second-order valence-electron chi connectivity index (χ2n) is 6.29. The Kier molecular flexibility index (Phi) is 4.22. The van der Waals surface area contributed by atoms with E-state index in [4.69, 9.17) is 0 Å². The monoisotopic (exact) mass is 311 g/mol. The van der Waals surface area contributed by atoms with E-state index in [-0.39, 0.29) is 5.91 Å². The average molecular weight is 311 g/mol. The molecule has 2 heterocycles. The van der Waals surface area contributed by atoms with E-state index in [1.165, 1.54) is 16.2 Å². The van der Waals surface area contributed by atoms with Crippen LogP contribution in [0.3, 0.4) is 0 Å². The van der Waals surface area contributed by atoms with E-state index in [1.54, 1.807) is 11.6 Å². The van der Waals surface area contributed by atoms with Gasteiger partial charge >= 0.3 is 6.09 Å². The van der Waals surface area contributed by atoms with Gasteiger partial charge in [-0.05, 0) is 19.3 Å². The summed E-state index contributed by atoms with van der Waals surface area (Å²) in [6.07, 6.45) is 2.89. The van der Waals surface area contributed by atoms with Crippen LogP contribution in [-0.4, -0.2) is 39.2 Å². The summed E-state index contributed by atoms with van der Waals surface area (Å²) < 4.78 is 0. The van der Waals surface area contributed by atoms with Gasteiger partial charge in [-0.15, -0.1) is 11.3 Å². The topological polar surface area (TPSA) is 82.5 Å². The molecule has 1 unspecified atom stereocenters. The van der Waals surface area contributed by atoms with E-state index in [0.717, 1.165) is 12.8 Å². The number of carbonyl (C=O) groups excluding carboxylic acids is 1. The van der Waals surface area contributed by atoms with Gasteiger partial charge in [0.25, 0.3) is 5.91 Å². The Hall–Kier alpha value is -1.63. The largest absolute Gasteiger partial charge is 0.465 e. The van der Waals surface area contributed by atoms with E-state index < -0.39 is 17.2 Å². The summed E-state index contributed by atoms with van der Waals surface area (Å²) in [6, 6.07) is 0. The van der Waals surface area contributed by atoms with Gasteiger partial charge in [0.15, 0.2) is 5.01 Å². The molecule has 1 atom stereocenters. The van der Waals surface area contributed by atoms with E-state index in [2.05, 4.69) is 10.3 Å². The molecule has 1 saturated heterocycles. The highest BCUT2D eigenvalue weighted by Gasteiger charge is 2.51. The Morgan fingerprint density at radius 2 is 2.14 bits per heavy atom.